The molecule has 0 aromatic heterocycles. The third kappa shape index (κ3) is 5.34. The number of nitrogens with one attached hydrogen (secondary N) is 1. The minimum absolute atomic E-state index is 0.0257. The zero-order chi connectivity index (χ0) is 19.1. The van der Waals surface area contributed by atoms with Crippen molar-refractivity contribution in [2.45, 2.75) is 20.0 Å². The maximum Gasteiger partial charge on any atom is 0.269 e. The van der Waals surface area contributed by atoms with Crippen LogP contribution in [0.15, 0.2) is 48.5 Å². The molecule has 0 saturated heterocycles. The monoisotopic (exact) mass is 356 g/mol. The van der Waals surface area contributed by atoms with Crippen LogP contribution in [0, 0.1) is 10.1 Å². The van der Waals surface area contributed by atoms with E-state index in [2.05, 4.69) is 5.32 Å². The number of ether oxygens (including phenoxy) is 2. The van der Waals surface area contributed by atoms with Crippen molar-refractivity contribution in [3.8, 4) is 11.5 Å². The fourth-order valence-electron chi connectivity index (χ4n) is 2.16. The fourth-order valence-corrected chi connectivity index (χ4v) is 2.16. The molecule has 7 heteroatoms. The molecule has 0 atom stereocenters. The molecule has 26 heavy (non-hydrogen) atoms. The average Bonchev–Trinajstić information content (AvgIpc) is 2.60. The molecule has 0 aliphatic carbocycles. The lowest BCUT2D eigenvalue weighted by Crippen LogP contribution is -2.07. The summed E-state index contributed by atoms with van der Waals surface area (Å²) in [5.74, 6) is 0.868. The highest BCUT2D eigenvalue weighted by molar-refractivity contribution is 6.02. The van der Waals surface area contributed by atoms with Crippen LogP contribution in [0.2, 0.25) is 0 Å². The lowest BCUT2D eigenvalue weighted by atomic mass is 10.2. The number of hydrogen-bond donors (Lipinski definition) is 1. The van der Waals surface area contributed by atoms with Crippen LogP contribution in [-0.4, -0.2) is 24.0 Å². The second-order valence-corrected chi connectivity index (χ2v) is 5.70. The Morgan fingerprint density at radius 1 is 1.15 bits per heavy atom. The van der Waals surface area contributed by atoms with Gasteiger partial charge >= 0.3 is 0 Å². The normalized spacial score (nSPS) is 10.8. The van der Waals surface area contributed by atoms with Crippen LogP contribution in [0.1, 0.15) is 19.4 Å². The Morgan fingerprint density at radius 3 is 2.42 bits per heavy atom. The van der Waals surface area contributed by atoms with E-state index in [1.165, 1.54) is 30.3 Å². The Morgan fingerprint density at radius 2 is 1.85 bits per heavy atom. The molecule has 0 spiro atoms. The van der Waals surface area contributed by atoms with E-state index in [1.54, 1.807) is 25.3 Å². The summed E-state index contributed by atoms with van der Waals surface area (Å²) >= 11 is 0. The van der Waals surface area contributed by atoms with E-state index in [4.69, 9.17) is 9.47 Å². The number of non-ortho nitro benzene ring substituents is 1. The van der Waals surface area contributed by atoms with Gasteiger partial charge in [-0.15, -0.1) is 0 Å². The Labute approximate surface area is 151 Å². The molecule has 0 saturated carbocycles. The van der Waals surface area contributed by atoms with Crippen LogP contribution in [0.4, 0.5) is 11.4 Å². The summed E-state index contributed by atoms with van der Waals surface area (Å²) in [5.41, 5.74) is 1.22. The molecule has 136 valence electrons. The number of anilines is 1. The first-order chi connectivity index (χ1) is 12.4. The second-order valence-electron chi connectivity index (χ2n) is 5.70. The number of nitro groups is 1. The summed E-state index contributed by atoms with van der Waals surface area (Å²) in [5, 5.41) is 13.3. The number of rotatable bonds is 7. The SMILES string of the molecule is COc1cc(/C=C/C(=O)Nc2ccc([N+](=O)[O-])cc2)ccc1OC(C)C. The van der Waals surface area contributed by atoms with Gasteiger partial charge in [0.25, 0.3) is 5.69 Å². The third-order valence-electron chi connectivity index (χ3n) is 3.32. The molecule has 0 aliphatic rings. The van der Waals surface area contributed by atoms with Crippen LogP contribution in [0.25, 0.3) is 6.08 Å². The quantitative estimate of drug-likeness (QED) is 0.459. The largest absolute Gasteiger partial charge is 0.493 e. The lowest BCUT2D eigenvalue weighted by molar-refractivity contribution is -0.384. The molecule has 7 nitrogen and oxygen atoms in total. The van der Waals surface area contributed by atoms with Gasteiger partial charge in [0.1, 0.15) is 0 Å². The minimum Gasteiger partial charge on any atom is -0.493 e. The van der Waals surface area contributed by atoms with Gasteiger partial charge in [0.05, 0.1) is 18.1 Å². The Bertz CT molecular complexity index is 813. The van der Waals surface area contributed by atoms with Gasteiger partial charge in [0.2, 0.25) is 5.91 Å². The number of benzene rings is 2. The molecular formula is C19H20N2O5. The molecule has 1 amide bonds. The van der Waals surface area contributed by atoms with Crippen molar-refractivity contribution in [2.24, 2.45) is 0 Å². The molecule has 0 unspecified atom stereocenters. The van der Waals surface area contributed by atoms with E-state index >= 15 is 0 Å². The number of carbonyl (C=O) groups is 1. The molecule has 0 heterocycles. The van der Waals surface area contributed by atoms with Gasteiger partial charge in [-0.2, -0.15) is 0 Å². The second kappa shape index (κ2) is 8.66. The Hall–Kier alpha value is -3.35. The van der Waals surface area contributed by atoms with Crippen molar-refractivity contribution >= 4 is 23.4 Å². The van der Waals surface area contributed by atoms with Gasteiger partial charge in [0, 0.05) is 23.9 Å². The molecule has 2 rings (SSSR count). The zero-order valence-corrected chi connectivity index (χ0v) is 14.8. The molecular weight excluding hydrogens is 336 g/mol. The van der Waals surface area contributed by atoms with Crippen molar-refractivity contribution in [1.29, 1.82) is 0 Å². The number of nitro benzene ring substituents is 1. The van der Waals surface area contributed by atoms with Gasteiger partial charge in [-0.3, -0.25) is 14.9 Å². The van der Waals surface area contributed by atoms with E-state index < -0.39 is 4.92 Å². The van der Waals surface area contributed by atoms with Crippen molar-refractivity contribution in [3.63, 3.8) is 0 Å². The summed E-state index contributed by atoms with van der Waals surface area (Å²) < 4.78 is 11.0. The minimum atomic E-state index is -0.494. The highest BCUT2D eigenvalue weighted by atomic mass is 16.6. The summed E-state index contributed by atoms with van der Waals surface area (Å²) in [6.45, 7) is 3.85. The first-order valence-electron chi connectivity index (χ1n) is 7.97. The van der Waals surface area contributed by atoms with Gasteiger partial charge in [-0.25, -0.2) is 0 Å². The molecule has 0 radical (unpaired) electrons. The van der Waals surface area contributed by atoms with E-state index in [1.807, 2.05) is 19.9 Å². The van der Waals surface area contributed by atoms with E-state index in [9.17, 15) is 14.9 Å². The molecule has 0 fully saturated rings. The number of methoxy groups -OCH3 is 1. The van der Waals surface area contributed by atoms with Gasteiger partial charge < -0.3 is 14.8 Å². The summed E-state index contributed by atoms with van der Waals surface area (Å²) in [4.78, 5) is 22.1. The summed E-state index contributed by atoms with van der Waals surface area (Å²) in [6.07, 6.45) is 3.04. The molecule has 2 aromatic rings. The fraction of sp³-hybridized carbons (Fsp3) is 0.211. The van der Waals surface area contributed by atoms with Gasteiger partial charge in [-0.05, 0) is 49.8 Å². The van der Waals surface area contributed by atoms with E-state index in [-0.39, 0.29) is 17.7 Å². The first kappa shape index (κ1) is 19.0. The Kier molecular flexibility index (Phi) is 6.32. The van der Waals surface area contributed by atoms with Gasteiger partial charge in [0.15, 0.2) is 11.5 Å². The van der Waals surface area contributed by atoms with Crippen molar-refractivity contribution in [3.05, 3.63) is 64.2 Å². The maximum atomic E-state index is 12.0. The predicted molar refractivity (Wildman–Crippen MR) is 99.5 cm³/mol. The highest BCUT2D eigenvalue weighted by Gasteiger charge is 2.07. The topological polar surface area (TPSA) is 90.7 Å². The van der Waals surface area contributed by atoms with Crippen LogP contribution >= 0.6 is 0 Å². The highest BCUT2D eigenvalue weighted by Crippen LogP contribution is 2.29. The number of amides is 1. The average molecular weight is 356 g/mol. The van der Waals surface area contributed by atoms with E-state index in [0.717, 1.165) is 5.56 Å². The predicted octanol–water partition coefficient (Wildman–Crippen LogP) is 4.04. The molecule has 2 aromatic carbocycles. The lowest BCUT2D eigenvalue weighted by Gasteiger charge is -2.13. The maximum absolute atomic E-state index is 12.0. The van der Waals surface area contributed by atoms with Crippen molar-refractivity contribution < 1.29 is 19.2 Å². The third-order valence-corrected chi connectivity index (χ3v) is 3.32. The first-order valence-corrected chi connectivity index (χ1v) is 7.97. The van der Waals surface area contributed by atoms with Crippen LogP contribution in [0.3, 0.4) is 0 Å². The number of carbonyl (C=O) groups excluding carboxylic acids is 1. The molecule has 1 N–H and O–H groups in total. The standard InChI is InChI=1S/C19H20N2O5/c1-13(2)26-17-10-4-14(12-18(17)25-3)5-11-19(22)20-15-6-8-16(9-7-15)21(23)24/h4-13H,1-3H3,(H,20,22)/b11-5+. The number of nitrogens with zero attached hydrogens (tertiary/aromatic N) is 1. The van der Waals surface area contributed by atoms with Crippen LogP contribution in [0.5, 0.6) is 11.5 Å². The smallest absolute Gasteiger partial charge is 0.269 e. The van der Waals surface area contributed by atoms with Crippen LogP contribution in [-0.2, 0) is 4.79 Å². The van der Waals surface area contributed by atoms with Crippen LogP contribution < -0.4 is 14.8 Å². The number of hydrogen-bond acceptors (Lipinski definition) is 5. The van der Waals surface area contributed by atoms with Gasteiger partial charge in [-0.1, -0.05) is 6.07 Å². The summed E-state index contributed by atoms with van der Waals surface area (Å²) in [7, 11) is 1.55. The van der Waals surface area contributed by atoms with Crippen molar-refractivity contribution in [1.82, 2.24) is 0 Å². The molecule has 0 bridgehead atoms. The zero-order valence-electron chi connectivity index (χ0n) is 14.8. The van der Waals surface area contributed by atoms with E-state index in [0.29, 0.717) is 17.2 Å². The molecule has 0 aliphatic heterocycles. The summed E-state index contributed by atoms with van der Waals surface area (Å²) in [6, 6.07) is 11.0. The Balaban J connectivity index is 2.04. The van der Waals surface area contributed by atoms with Crippen molar-refractivity contribution in [2.75, 3.05) is 12.4 Å².